The van der Waals surface area contributed by atoms with Gasteiger partial charge in [-0.3, -0.25) is 4.79 Å². The minimum atomic E-state index is -1.20. The summed E-state index contributed by atoms with van der Waals surface area (Å²) < 4.78 is 16.3. The van der Waals surface area contributed by atoms with E-state index in [1.165, 1.54) is 0 Å². The summed E-state index contributed by atoms with van der Waals surface area (Å²) in [5.41, 5.74) is 0.292. The maximum atomic E-state index is 11.6. The van der Waals surface area contributed by atoms with E-state index in [4.69, 9.17) is 14.2 Å². The van der Waals surface area contributed by atoms with E-state index >= 15 is 0 Å². The van der Waals surface area contributed by atoms with Crippen molar-refractivity contribution < 1.29 is 23.8 Å². The minimum Gasteiger partial charge on any atom is -0.419 e. The molecule has 0 aromatic heterocycles. The molecule has 0 saturated carbocycles. The Hall–Kier alpha value is -1.36. The average molecular weight is 238 g/mol. The fraction of sp³-hybridized carbons (Fsp3) is 0.667. The first kappa shape index (κ1) is 10.8. The second kappa shape index (κ2) is 3.32. The summed E-state index contributed by atoms with van der Waals surface area (Å²) in [4.78, 5) is 23.1. The molecule has 3 rings (SSSR count). The van der Waals surface area contributed by atoms with Crippen molar-refractivity contribution in [3.05, 3.63) is 12.2 Å². The van der Waals surface area contributed by atoms with Gasteiger partial charge in [0.25, 0.3) is 5.79 Å². The highest BCUT2D eigenvalue weighted by atomic mass is 16.8. The lowest BCUT2D eigenvalue weighted by Gasteiger charge is -2.41. The van der Waals surface area contributed by atoms with Crippen molar-refractivity contribution >= 4 is 11.9 Å². The molecule has 0 aromatic rings. The van der Waals surface area contributed by atoms with Crippen LogP contribution in [0.3, 0.4) is 0 Å². The Kier molecular flexibility index (Phi) is 2.10. The Morgan fingerprint density at radius 1 is 1.59 bits per heavy atom. The highest BCUT2D eigenvalue weighted by Crippen LogP contribution is 2.52. The fourth-order valence-corrected chi connectivity index (χ4v) is 2.97. The van der Waals surface area contributed by atoms with Gasteiger partial charge in [-0.15, -0.1) is 0 Å². The second-order valence-corrected chi connectivity index (χ2v) is 5.04. The van der Waals surface area contributed by atoms with Gasteiger partial charge in [-0.25, -0.2) is 4.79 Å². The molecule has 2 bridgehead atoms. The van der Waals surface area contributed by atoms with Crippen LogP contribution in [0.2, 0.25) is 0 Å². The lowest BCUT2D eigenvalue weighted by molar-refractivity contribution is -0.260. The van der Waals surface area contributed by atoms with Crippen LogP contribution >= 0.6 is 0 Å². The Balaban J connectivity index is 1.87. The lowest BCUT2D eigenvalue weighted by atomic mass is 9.80. The first-order valence-electron chi connectivity index (χ1n) is 5.76. The van der Waals surface area contributed by atoms with E-state index in [2.05, 4.69) is 6.58 Å². The predicted molar refractivity (Wildman–Crippen MR) is 55.7 cm³/mol. The molecule has 0 aliphatic carbocycles. The maximum absolute atomic E-state index is 11.6. The van der Waals surface area contributed by atoms with E-state index in [0.717, 1.165) is 6.42 Å². The Labute approximate surface area is 98.7 Å². The molecule has 0 aromatic carbocycles. The van der Waals surface area contributed by atoms with Crippen LogP contribution in [0, 0.1) is 5.92 Å². The zero-order valence-electron chi connectivity index (χ0n) is 9.60. The third kappa shape index (κ3) is 1.49. The van der Waals surface area contributed by atoms with Crippen LogP contribution in [0.5, 0.6) is 0 Å². The van der Waals surface area contributed by atoms with Crippen LogP contribution in [0.1, 0.15) is 26.2 Å². The quantitative estimate of drug-likeness (QED) is 0.529. The van der Waals surface area contributed by atoms with Gasteiger partial charge in [0.15, 0.2) is 0 Å². The molecule has 0 amide bonds. The van der Waals surface area contributed by atoms with Crippen LogP contribution in [-0.2, 0) is 23.8 Å². The molecule has 3 fully saturated rings. The molecular formula is C12H14O5. The average Bonchev–Trinajstić information content (AvgIpc) is 2.72. The number of esters is 2. The largest absolute Gasteiger partial charge is 0.419 e. The predicted octanol–water partition coefficient (Wildman–Crippen LogP) is 0.926. The zero-order valence-corrected chi connectivity index (χ0v) is 9.60. The fourth-order valence-electron chi connectivity index (χ4n) is 2.97. The van der Waals surface area contributed by atoms with Gasteiger partial charge in [-0.05, 0) is 13.3 Å². The number of rotatable bonds is 2. The Morgan fingerprint density at radius 3 is 3.00 bits per heavy atom. The summed E-state index contributed by atoms with van der Waals surface area (Å²) in [6.45, 7) is 5.09. The van der Waals surface area contributed by atoms with Crippen LogP contribution in [-0.4, -0.2) is 29.9 Å². The SMILES string of the molecule is C=C(C)C(=O)OC12CC3CC(CC(=O)O1)C2O3. The monoisotopic (exact) mass is 238 g/mol. The number of carbonyl (C=O) groups is 2. The van der Waals surface area contributed by atoms with Gasteiger partial charge >= 0.3 is 11.9 Å². The van der Waals surface area contributed by atoms with Crippen LogP contribution in [0.4, 0.5) is 0 Å². The van der Waals surface area contributed by atoms with Crippen molar-refractivity contribution in [3.63, 3.8) is 0 Å². The van der Waals surface area contributed by atoms with Gasteiger partial charge in [-0.2, -0.15) is 0 Å². The first-order chi connectivity index (χ1) is 8.00. The van der Waals surface area contributed by atoms with Crippen molar-refractivity contribution in [2.24, 2.45) is 5.92 Å². The van der Waals surface area contributed by atoms with Gasteiger partial charge < -0.3 is 14.2 Å². The van der Waals surface area contributed by atoms with E-state index in [0.29, 0.717) is 18.4 Å². The summed E-state index contributed by atoms with van der Waals surface area (Å²) in [6.07, 6.45) is 1.39. The van der Waals surface area contributed by atoms with Crippen molar-refractivity contribution in [2.75, 3.05) is 0 Å². The van der Waals surface area contributed by atoms with Crippen molar-refractivity contribution in [1.29, 1.82) is 0 Å². The van der Waals surface area contributed by atoms with E-state index < -0.39 is 11.8 Å². The number of carbonyl (C=O) groups excluding carboxylic acids is 2. The molecule has 17 heavy (non-hydrogen) atoms. The molecule has 4 unspecified atom stereocenters. The standard InChI is InChI=1S/C12H14O5/c1-6(2)11(14)17-12-5-8-3-7(10(12)15-8)4-9(13)16-12/h7-8,10H,1,3-5H2,2H3. The van der Waals surface area contributed by atoms with Gasteiger partial charge in [0.2, 0.25) is 0 Å². The Bertz CT molecular complexity index is 415. The molecular weight excluding hydrogens is 224 g/mol. The van der Waals surface area contributed by atoms with Crippen LogP contribution < -0.4 is 0 Å². The number of fused-ring (bicyclic) bond motifs is 1. The van der Waals surface area contributed by atoms with E-state index in [-0.39, 0.29) is 24.1 Å². The van der Waals surface area contributed by atoms with E-state index in [1.807, 2.05) is 0 Å². The van der Waals surface area contributed by atoms with Crippen LogP contribution in [0.25, 0.3) is 0 Å². The molecule has 3 aliphatic heterocycles. The summed E-state index contributed by atoms with van der Waals surface area (Å²) in [5, 5.41) is 0. The molecule has 5 heteroatoms. The lowest BCUT2D eigenvalue weighted by Crippen LogP contribution is -2.55. The molecule has 0 N–H and O–H groups in total. The molecule has 5 nitrogen and oxygen atoms in total. The topological polar surface area (TPSA) is 61.8 Å². The summed E-state index contributed by atoms with van der Waals surface area (Å²) in [6, 6.07) is 0. The van der Waals surface area contributed by atoms with Crippen molar-refractivity contribution in [2.45, 2.75) is 44.2 Å². The molecule has 0 spiro atoms. The summed E-state index contributed by atoms with van der Waals surface area (Å²) >= 11 is 0. The second-order valence-electron chi connectivity index (χ2n) is 5.04. The van der Waals surface area contributed by atoms with Crippen molar-refractivity contribution in [3.8, 4) is 0 Å². The third-order valence-electron chi connectivity index (χ3n) is 3.61. The third-order valence-corrected chi connectivity index (χ3v) is 3.61. The normalized spacial score (nSPS) is 42.2. The highest BCUT2D eigenvalue weighted by Gasteiger charge is 2.65. The highest BCUT2D eigenvalue weighted by molar-refractivity contribution is 5.87. The molecule has 3 heterocycles. The number of hydrogen-bond acceptors (Lipinski definition) is 5. The number of hydrogen-bond donors (Lipinski definition) is 0. The van der Waals surface area contributed by atoms with Gasteiger partial charge in [0.1, 0.15) is 6.10 Å². The minimum absolute atomic E-state index is 0.0380. The smallest absolute Gasteiger partial charge is 0.336 e. The van der Waals surface area contributed by atoms with E-state index in [9.17, 15) is 9.59 Å². The molecule has 4 atom stereocenters. The molecule has 92 valence electrons. The molecule has 3 saturated heterocycles. The first-order valence-corrected chi connectivity index (χ1v) is 5.76. The van der Waals surface area contributed by atoms with Crippen molar-refractivity contribution in [1.82, 2.24) is 0 Å². The zero-order chi connectivity index (χ0) is 12.2. The van der Waals surface area contributed by atoms with Gasteiger partial charge in [0.05, 0.1) is 18.9 Å². The summed E-state index contributed by atoms with van der Waals surface area (Å²) in [5.74, 6) is -1.92. The number of ether oxygens (including phenoxy) is 3. The molecule has 0 radical (unpaired) electrons. The van der Waals surface area contributed by atoms with E-state index in [1.54, 1.807) is 6.92 Å². The Morgan fingerprint density at radius 2 is 2.35 bits per heavy atom. The molecule has 3 aliphatic rings. The van der Waals surface area contributed by atoms with Gasteiger partial charge in [0, 0.05) is 11.5 Å². The van der Waals surface area contributed by atoms with Crippen LogP contribution in [0.15, 0.2) is 12.2 Å². The maximum Gasteiger partial charge on any atom is 0.336 e. The van der Waals surface area contributed by atoms with Gasteiger partial charge in [-0.1, -0.05) is 6.58 Å². The summed E-state index contributed by atoms with van der Waals surface area (Å²) in [7, 11) is 0.